The molecule has 0 aromatic heterocycles. The van der Waals surface area contributed by atoms with E-state index in [9.17, 15) is 4.79 Å². The van der Waals surface area contributed by atoms with Gasteiger partial charge in [-0.05, 0) is 25.0 Å². The Kier molecular flexibility index (Phi) is 6.18. The van der Waals surface area contributed by atoms with E-state index in [0.29, 0.717) is 22.5 Å². The molecule has 0 spiro atoms. The molecule has 2 rings (SSSR count). The van der Waals surface area contributed by atoms with Crippen LogP contribution < -0.4 is 15.4 Å². The molecule has 1 aromatic rings. The number of nitrogens with one attached hydrogen (secondary N) is 2. The van der Waals surface area contributed by atoms with Crippen molar-refractivity contribution in [2.75, 3.05) is 19.0 Å². The summed E-state index contributed by atoms with van der Waals surface area (Å²) in [6.45, 7) is 0.226. The van der Waals surface area contributed by atoms with Gasteiger partial charge >= 0.3 is 0 Å². The Hall–Kier alpha value is -1.42. The van der Waals surface area contributed by atoms with Crippen LogP contribution in [-0.2, 0) is 4.79 Å². The zero-order chi connectivity index (χ0) is 15.1. The molecule has 1 aliphatic carbocycles. The number of benzene rings is 1. The van der Waals surface area contributed by atoms with Crippen LogP contribution in [0.4, 0.5) is 5.69 Å². The zero-order valence-corrected chi connectivity index (χ0v) is 13.2. The third-order valence-corrected chi connectivity index (χ3v) is 4.16. The number of hydrogen-bond acceptors (Lipinski definition) is 3. The summed E-state index contributed by atoms with van der Waals surface area (Å²) in [5, 5.41) is 6.75. The van der Waals surface area contributed by atoms with Crippen LogP contribution in [0, 0.1) is 0 Å². The van der Waals surface area contributed by atoms with Crippen LogP contribution in [0.5, 0.6) is 5.75 Å². The van der Waals surface area contributed by atoms with Crippen molar-refractivity contribution in [1.29, 1.82) is 0 Å². The van der Waals surface area contributed by atoms with E-state index < -0.39 is 0 Å². The third-order valence-electron chi connectivity index (χ3n) is 3.83. The molecule has 0 atom stereocenters. The van der Waals surface area contributed by atoms with E-state index in [2.05, 4.69) is 10.6 Å². The highest BCUT2D eigenvalue weighted by Gasteiger charge is 2.14. The van der Waals surface area contributed by atoms with Crippen LogP contribution in [0.25, 0.3) is 0 Å². The first kappa shape index (κ1) is 16.0. The lowest BCUT2D eigenvalue weighted by molar-refractivity contribution is -0.120. The Labute approximate surface area is 131 Å². The van der Waals surface area contributed by atoms with E-state index in [0.717, 1.165) is 12.8 Å². The second-order valence-electron chi connectivity index (χ2n) is 5.46. The quantitative estimate of drug-likeness (QED) is 0.817. The van der Waals surface area contributed by atoms with Crippen molar-refractivity contribution in [3.8, 4) is 5.75 Å². The zero-order valence-electron chi connectivity index (χ0n) is 12.5. The van der Waals surface area contributed by atoms with Gasteiger partial charge in [0.2, 0.25) is 5.91 Å². The standard InChI is InChI=1S/C16H23ClN2O2/c1-21-13-8-9-14(17)15(10-13)18-11-16(20)19-12-6-4-2-3-5-7-12/h8-10,12,18H,2-7,11H2,1H3,(H,19,20). The Balaban J connectivity index is 1.83. The minimum atomic E-state index is 0.0146. The van der Waals surface area contributed by atoms with Gasteiger partial charge in [-0.15, -0.1) is 0 Å². The molecule has 116 valence electrons. The van der Waals surface area contributed by atoms with E-state index in [1.54, 1.807) is 25.3 Å². The fourth-order valence-corrected chi connectivity index (χ4v) is 2.83. The molecule has 0 bridgehead atoms. The molecule has 0 aliphatic heterocycles. The summed E-state index contributed by atoms with van der Waals surface area (Å²) >= 11 is 6.10. The molecule has 0 unspecified atom stereocenters. The lowest BCUT2D eigenvalue weighted by Crippen LogP contribution is -2.38. The Bertz CT molecular complexity index is 471. The normalized spacial score (nSPS) is 16.1. The molecule has 1 aromatic carbocycles. The van der Waals surface area contributed by atoms with E-state index in [1.165, 1.54) is 25.7 Å². The van der Waals surface area contributed by atoms with Crippen LogP contribution >= 0.6 is 11.6 Å². The number of carbonyl (C=O) groups excluding carboxylic acids is 1. The van der Waals surface area contributed by atoms with Crippen molar-refractivity contribution in [2.45, 2.75) is 44.6 Å². The Morgan fingerprint density at radius 1 is 1.29 bits per heavy atom. The van der Waals surface area contributed by atoms with Gasteiger partial charge in [-0.25, -0.2) is 0 Å². The van der Waals surface area contributed by atoms with Gasteiger partial charge in [0.25, 0.3) is 0 Å². The molecular formula is C16H23ClN2O2. The van der Waals surface area contributed by atoms with Gasteiger partial charge in [-0.2, -0.15) is 0 Å². The highest BCUT2D eigenvalue weighted by Crippen LogP contribution is 2.26. The second-order valence-corrected chi connectivity index (χ2v) is 5.86. The molecule has 0 saturated heterocycles. The van der Waals surface area contributed by atoms with Crippen LogP contribution in [0.3, 0.4) is 0 Å². The van der Waals surface area contributed by atoms with Crippen LogP contribution in [0.15, 0.2) is 18.2 Å². The molecule has 1 aliphatic rings. The molecule has 1 fully saturated rings. The van der Waals surface area contributed by atoms with E-state index in [1.807, 2.05) is 0 Å². The number of hydrogen-bond donors (Lipinski definition) is 2. The SMILES string of the molecule is COc1ccc(Cl)c(NCC(=O)NC2CCCCCC2)c1. The van der Waals surface area contributed by atoms with Gasteiger partial charge in [0, 0.05) is 12.1 Å². The predicted octanol–water partition coefficient (Wildman–Crippen LogP) is 3.60. The third kappa shape index (κ3) is 5.12. The fourth-order valence-electron chi connectivity index (χ4n) is 2.64. The monoisotopic (exact) mass is 310 g/mol. The number of carbonyl (C=O) groups is 1. The molecule has 2 N–H and O–H groups in total. The van der Waals surface area contributed by atoms with Gasteiger partial charge in [0.05, 0.1) is 24.4 Å². The second kappa shape index (κ2) is 8.13. The average molecular weight is 311 g/mol. The van der Waals surface area contributed by atoms with E-state index in [-0.39, 0.29) is 12.5 Å². The fraction of sp³-hybridized carbons (Fsp3) is 0.562. The topological polar surface area (TPSA) is 50.4 Å². The number of ether oxygens (including phenoxy) is 1. The maximum absolute atomic E-state index is 12.0. The minimum absolute atomic E-state index is 0.0146. The smallest absolute Gasteiger partial charge is 0.239 e. The van der Waals surface area contributed by atoms with Crippen LogP contribution in [0.2, 0.25) is 5.02 Å². The first-order valence-electron chi connectivity index (χ1n) is 7.56. The van der Waals surface area contributed by atoms with E-state index in [4.69, 9.17) is 16.3 Å². The molecule has 21 heavy (non-hydrogen) atoms. The molecule has 1 amide bonds. The van der Waals surface area contributed by atoms with Crippen molar-refractivity contribution in [2.24, 2.45) is 0 Å². The number of methoxy groups -OCH3 is 1. The van der Waals surface area contributed by atoms with Crippen molar-refractivity contribution < 1.29 is 9.53 Å². The molecule has 1 saturated carbocycles. The van der Waals surface area contributed by atoms with Crippen molar-refractivity contribution in [1.82, 2.24) is 5.32 Å². The molecule has 5 heteroatoms. The molecule has 0 heterocycles. The lowest BCUT2D eigenvalue weighted by Gasteiger charge is -2.17. The van der Waals surface area contributed by atoms with E-state index >= 15 is 0 Å². The predicted molar refractivity (Wildman–Crippen MR) is 86.1 cm³/mol. The highest BCUT2D eigenvalue weighted by atomic mass is 35.5. The van der Waals surface area contributed by atoms with Crippen molar-refractivity contribution in [3.63, 3.8) is 0 Å². The number of halogens is 1. The van der Waals surface area contributed by atoms with Crippen molar-refractivity contribution >= 4 is 23.2 Å². The lowest BCUT2D eigenvalue weighted by atomic mass is 10.1. The average Bonchev–Trinajstić information content (AvgIpc) is 2.75. The summed E-state index contributed by atoms with van der Waals surface area (Å²) in [6.07, 6.45) is 7.16. The maximum atomic E-state index is 12.0. The van der Waals surface area contributed by atoms with Gasteiger partial charge < -0.3 is 15.4 Å². The number of anilines is 1. The van der Waals surface area contributed by atoms with Crippen LogP contribution in [-0.4, -0.2) is 25.6 Å². The summed E-state index contributed by atoms with van der Waals surface area (Å²) in [6, 6.07) is 5.66. The molecule has 4 nitrogen and oxygen atoms in total. The summed E-state index contributed by atoms with van der Waals surface area (Å²) in [7, 11) is 1.60. The largest absolute Gasteiger partial charge is 0.497 e. The van der Waals surface area contributed by atoms with Gasteiger partial charge in [-0.3, -0.25) is 4.79 Å². The van der Waals surface area contributed by atoms with Crippen molar-refractivity contribution in [3.05, 3.63) is 23.2 Å². The summed E-state index contributed by atoms with van der Waals surface area (Å²) < 4.78 is 5.15. The first-order chi connectivity index (χ1) is 10.2. The van der Waals surface area contributed by atoms with Gasteiger partial charge in [0.1, 0.15) is 5.75 Å². The van der Waals surface area contributed by atoms with Gasteiger partial charge in [-0.1, -0.05) is 37.3 Å². The summed E-state index contributed by atoms with van der Waals surface area (Å²) in [5.74, 6) is 0.729. The van der Waals surface area contributed by atoms with Crippen LogP contribution in [0.1, 0.15) is 38.5 Å². The Morgan fingerprint density at radius 3 is 2.67 bits per heavy atom. The van der Waals surface area contributed by atoms with Gasteiger partial charge in [0.15, 0.2) is 0 Å². The first-order valence-corrected chi connectivity index (χ1v) is 7.93. The number of amides is 1. The number of rotatable bonds is 5. The summed E-state index contributed by atoms with van der Waals surface area (Å²) in [4.78, 5) is 12.0. The molecular weight excluding hydrogens is 288 g/mol. The molecule has 0 radical (unpaired) electrons. The maximum Gasteiger partial charge on any atom is 0.239 e. The Morgan fingerprint density at radius 2 is 2.00 bits per heavy atom. The minimum Gasteiger partial charge on any atom is -0.497 e. The highest BCUT2D eigenvalue weighted by molar-refractivity contribution is 6.33. The summed E-state index contributed by atoms with van der Waals surface area (Å²) in [5.41, 5.74) is 0.715.